The van der Waals surface area contributed by atoms with Gasteiger partial charge in [0, 0.05) is 9.75 Å². The van der Waals surface area contributed by atoms with Crippen molar-refractivity contribution in [3.63, 3.8) is 0 Å². The molecule has 1 aromatic carbocycles. The third kappa shape index (κ3) is 4.33. The Hall–Kier alpha value is -1.66. The van der Waals surface area contributed by atoms with Crippen LogP contribution < -0.4 is 0 Å². The van der Waals surface area contributed by atoms with Crippen LogP contribution in [0.15, 0.2) is 36.4 Å². The summed E-state index contributed by atoms with van der Waals surface area (Å²) in [6.07, 6.45) is 6.09. The minimum Gasteiger partial charge on any atom is -0.481 e. The molecule has 1 aromatic heterocycles. The number of sulfone groups is 1. The highest BCUT2D eigenvalue weighted by molar-refractivity contribution is 7.92. The van der Waals surface area contributed by atoms with Crippen molar-refractivity contribution in [2.45, 2.75) is 63.0 Å². The van der Waals surface area contributed by atoms with Crippen LogP contribution in [0.5, 0.6) is 0 Å². The van der Waals surface area contributed by atoms with Gasteiger partial charge in [0.2, 0.25) is 0 Å². The van der Waals surface area contributed by atoms with E-state index in [9.17, 15) is 18.3 Å². The standard InChI is InChI=1S/C22H28O4S2/c1-2-3-4-7-17-8-10-18(11-9-17)19-12-13-20(27-19)22(16-21(23)24)14-5-6-15-28(22,25)26/h8-13H,2-7,14-16H2,1H3,(H,23,24)/t22-/m0/s1. The molecule has 4 nitrogen and oxygen atoms in total. The van der Waals surface area contributed by atoms with Gasteiger partial charge in [0.15, 0.2) is 9.84 Å². The molecule has 1 fully saturated rings. The molecule has 0 bridgehead atoms. The smallest absolute Gasteiger partial charge is 0.305 e. The van der Waals surface area contributed by atoms with Crippen molar-refractivity contribution in [3.8, 4) is 10.4 Å². The number of benzene rings is 1. The first-order valence-electron chi connectivity index (χ1n) is 10.0. The lowest BCUT2D eigenvalue weighted by Gasteiger charge is -2.34. The van der Waals surface area contributed by atoms with Crippen LogP contribution in [-0.2, 0) is 25.8 Å². The minimum atomic E-state index is -3.49. The van der Waals surface area contributed by atoms with Crippen LogP contribution in [0.4, 0.5) is 0 Å². The van der Waals surface area contributed by atoms with Gasteiger partial charge in [0.05, 0.1) is 12.2 Å². The van der Waals surface area contributed by atoms with E-state index in [0.717, 1.165) is 23.3 Å². The van der Waals surface area contributed by atoms with E-state index < -0.39 is 20.6 Å². The molecule has 1 aliphatic rings. The highest BCUT2D eigenvalue weighted by Crippen LogP contribution is 2.47. The van der Waals surface area contributed by atoms with Gasteiger partial charge < -0.3 is 5.11 Å². The normalized spacial score (nSPS) is 21.5. The monoisotopic (exact) mass is 420 g/mol. The van der Waals surface area contributed by atoms with Crippen molar-refractivity contribution in [2.24, 2.45) is 0 Å². The van der Waals surface area contributed by atoms with Crippen LogP contribution in [0, 0.1) is 0 Å². The lowest BCUT2D eigenvalue weighted by Crippen LogP contribution is -2.41. The molecule has 0 unspecified atom stereocenters. The fourth-order valence-corrected chi connectivity index (χ4v) is 7.79. The van der Waals surface area contributed by atoms with Crippen LogP contribution in [0.1, 0.15) is 62.3 Å². The van der Waals surface area contributed by atoms with Gasteiger partial charge in [-0.1, -0.05) is 50.5 Å². The second-order valence-corrected chi connectivity index (χ2v) is 11.2. The molecule has 6 heteroatoms. The summed E-state index contributed by atoms with van der Waals surface area (Å²) in [5.74, 6) is -0.989. The average Bonchev–Trinajstić information content (AvgIpc) is 3.14. The Morgan fingerprint density at radius 3 is 2.50 bits per heavy atom. The van der Waals surface area contributed by atoms with Crippen molar-refractivity contribution >= 4 is 27.1 Å². The van der Waals surface area contributed by atoms with Crippen molar-refractivity contribution in [1.29, 1.82) is 0 Å². The highest BCUT2D eigenvalue weighted by Gasteiger charge is 2.49. The van der Waals surface area contributed by atoms with E-state index in [1.165, 1.54) is 36.2 Å². The lowest BCUT2D eigenvalue weighted by atomic mass is 9.95. The first-order valence-corrected chi connectivity index (χ1v) is 12.5. The van der Waals surface area contributed by atoms with Crippen LogP contribution in [-0.4, -0.2) is 25.2 Å². The molecule has 1 N–H and O–H groups in total. The zero-order valence-corrected chi connectivity index (χ0v) is 17.9. The van der Waals surface area contributed by atoms with Crippen molar-refractivity contribution in [3.05, 3.63) is 46.8 Å². The molecule has 0 spiro atoms. The minimum absolute atomic E-state index is 0.0694. The second-order valence-electron chi connectivity index (χ2n) is 7.66. The molecule has 1 atom stereocenters. The fraction of sp³-hybridized carbons (Fsp3) is 0.500. The van der Waals surface area contributed by atoms with Crippen LogP contribution >= 0.6 is 11.3 Å². The average molecular weight is 421 g/mol. The van der Waals surface area contributed by atoms with E-state index in [4.69, 9.17) is 0 Å². The number of unbranched alkanes of at least 4 members (excludes halogenated alkanes) is 2. The molecule has 1 saturated heterocycles. The molecule has 0 aliphatic carbocycles. The summed E-state index contributed by atoms with van der Waals surface area (Å²) in [5, 5.41) is 9.41. The number of thiophene rings is 1. The lowest BCUT2D eigenvalue weighted by molar-refractivity contribution is -0.137. The molecule has 152 valence electrons. The summed E-state index contributed by atoms with van der Waals surface area (Å²) in [6.45, 7) is 2.20. The van der Waals surface area contributed by atoms with Gasteiger partial charge in [-0.15, -0.1) is 11.3 Å². The molecule has 2 aromatic rings. The van der Waals surface area contributed by atoms with E-state index in [2.05, 4.69) is 31.2 Å². The summed E-state index contributed by atoms with van der Waals surface area (Å²) >= 11 is 1.42. The first kappa shape index (κ1) is 21.1. The predicted molar refractivity (Wildman–Crippen MR) is 115 cm³/mol. The highest BCUT2D eigenvalue weighted by atomic mass is 32.2. The largest absolute Gasteiger partial charge is 0.481 e. The molecular formula is C22H28O4S2. The van der Waals surface area contributed by atoms with Gasteiger partial charge >= 0.3 is 5.97 Å². The Morgan fingerprint density at radius 1 is 1.11 bits per heavy atom. The van der Waals surface area contributed by atoms with E-state index in [0.29, 0.717) is 17.7 Å². The van der Waals surface area contributed by atoms with Crippen LogP contribution in [0.3, 0.4) is 0 Å². The van der Waals surface area contributed by atoms with Gasteiger partial charge in [-0.25, -0.2) is 8.42 Å². The van der Waals surface area contributed by atoms with Gasteiger partial charge in [0.25, 0.3) is 0 Å². The van der Waals surface area contributed by atoms with E-state index in [1.54, 1.807) is 0 Å². The van der Waals surface area contributed by atoms with E-state index in [-0.39, 0.29) is 12.2 Å². The quantitative estimate of drug-likeness (QED) is 0.579. The Balaban J connectivity index is 1.88. The van der Waals surface area contributed by atoms with Gasteiger partial charge in [-0.2, -0.15) is 0 Å². The van der Waals surface area contributed by atoms with Crippen molar-refractivity contribution in [2.75, 3.05) is 5.75 Å². The van der Waals surface area contributed by atoms with Gasteiger partial charge in [-0.05, 0) is 48.9 Å². The molecular weight excluding hydrogens is 392 g/mol. The molecule has 28 heavy (non-hydrogen) atoms. The number of rotatable bonds is 8. The molecule has 1 aliphatic heterocycles. The van der Waals surface area contributed by atoms with Crippen LogP contribution in [0.25, 0.3) is 10.4 Å². The summed E-state index contributed by atoms with van der Waals surface area (Å²) in [7, 11) is -3.49. The zero-order chi connectivity index (χ0) is 20.2. The Kier molecular flexibility index (Phi) is 6.61. The SMILES string of the molecule is CCCCCc1ccc(-c2ccc([C@@]3(CC(=O)O)CCCCS3(=O)=O)s2)cc1. The molecule has 0 radical (unpaired) electrons. The molecule has 0 saturated carbocycles. The summed E-state index contributed by atoms with van der Waals surface area (Å²) in [6, 6.07) is 12.2. The Labute approximate surface area is 171 Å². The van der Waals surface area contributed by atoms with Crippen molar-refractivity contribution < 1.29 is 18.3 Å². The van der Waals surface area contributed by atoms with E-state index in [1.807, 2.05) is 12.1 Å². The summed E-state index contributed by atoms with van der Waals surface area (Å²) in [5.41, 5.74) is 2.36. The van der Waals surface area contributed by atoms with Crippen LogP contribution in [0.2, 0.25) is 0 Å². The number of hydrogen-bond acceptors (Lipinski definition) is 4. The topological polar surface area (TPSA) is 71.4 Å². The third-order valence-electron chi connectivity index (χ3n) is 5.64. The number of carboxylic acids is 1. The number of aryl methyl sites for hydroxylation is 1. The molecule has 2 heterocycles. The van der Waals surface area contributed by atoms with Gasteiger partial charge in [-0.3, -0.25) is 4.79 Å². The maximum absolute atomic E-state index is 12.9. The third-order valence-corrected chi connectivity index (χ3v) is 9.69. The number of carboxylic acid groups (broad SMARTS) is 1. The summed E-state index contributed by atoms with van der Waals surface area (Å²) < 4.78 is 24.5. The first-order chi connectivity index (χ1) is 13.4. The zero-order valence-electron chi connectivity index (χ0n) is 16.3. The van der Waals surface area contributed by atoms with E-state index >= 15 is 0 Å². The van der Waals surface area contributed by atoms with Gasteiger partial charge in [0.1, 0.15) is 4.75 Å². The number of aliphatic carboxylic acids is 1. The Bertz CT molecular complexity index is 912. The molecule has 0 amide bonds. The second kappa shape index (κ2) is 8.78. The van der Waals surface area contributed by atoms with Crippen molar-refractivity contribution in [1.82, 2.24) is 0 Å². The maximum Gasteiger partial charge on any atom is 0.305 e. The molecule has 3 rings (SSSR count). The predicted octanol–water partition coefficient (Wildman–Crippen LogP) is 5.42. The number of carbonyl (C=O) groups is 1. The number of hydrogen-bond donors (Lipinski definition) is 1. The fourth-order valence-electron chi connectivity index (χ4n) is 4.01. The maximum atomic E-state index is 12.9. The summed E-state index contributed by atoms with van der Waals surface area (Å²) in [4.78, 5) is 13.1. The Morgan fingerprint density at radius 2 is 1.86 bits per heavy atom.